The number of nitrogens with zero attached hydrogens (tertiary/aromatic N) is 4. The number of rotatable bonds is 4. The number of ether oxygens (including phenoxy) is 1. The van der Waals surface area contributed by atoms with Crippen molar-refractivity contribution in [3.63, 3.8) is 0 Å². The van der Waals surface area contributed by atoms with Crippen LogP contribution in [0.3, 0.4) is 0 Å². The summed E-state index contributed by atoms with van der Waals surface area (Å²) in [5, 5.41) is 10.8. The van der Waals surface area contributed by atoms with E-state index in [-0.39, 0.29) is 22.8 Å². The average molecular weight is 408 g/mol. The summed E-state index contributed by atoms with van der Waals surface area (Å²) in [5.41, 5.74) is 0.991. The Hall–Kier alpha value is -2.35. The molecule has 2 amide bonds. The van der Waals surface area contributed by atoms with Gasteiger partial charge in [-0.25, -0.2) is 9.18 Å². The van der Waals surface area contributed by atoms with Crippen molar-refractivity contribution >= 4 is 17.6 Å². The van der Waals surface area contributed by atoms with Gasteiger partial charge in [-0.15, -0.1) is 5.10 Å². The van der Waals surface area contributed by atoms with Crippen molar-refractivity contribution in [3.05, 3.63) is 40.9 Å². The van der Waals surface area contributed by atoms with E-state index in [0.29, 0.717) is 24.8 Å². The fraction of sp³-hybridized carbons (Fsp3) is 0.526. The lowest BCUT2D eigenvalue weighted by Crippen LogP contribution is -2.46. The normalized spacial score (nSPS) is 20.6. The van der Waals surface area contributed by atoms with E-state index in [0.717, 1.165) is 44.6 Å². The van der Waals surface area contributed by atoms with Crippen molar-refractivity contribution in [2.45, 2.75) is 25.2 Å². The van der Waals surface area contributed by atoms with Gasteiger partial charge in [0.15, 0.2) is 0 Å². The third-order valence-electron chi connectivity index (χ3n) is 5.59. The zero-order valence-corrected chi connectivity index (χ0v) is 16.2. The van der Waals surface area contributed by atoms with Crippen LogP contribution in [0, 0.1) is 11.7 Å². The van der Waals surface area contributed by atoms with E-state index in [2.05, 4.69) is 15.4 Å². The molecule has 3 heterocycles. The largest absolute Gasteiger partial charge is 0.492 e. The first-order valence-electron chi connectivity index (χ1n) is 9.58. The molecule has 2 saturated heterocycles. The Morgan fingerprint density at radius 1 is 1.25 bits per heavy atom. The molecular weight excluding hydrogens is 385 g/mol. The lowest BCUT2D eigenvalue weighted by atomic mass is 9.98. The highest BCUT2D eigenvalue weighted by molar-refractivity contribution is 6.32. The van der Waals surface area contributed by atoms with E-state index in [1.807, 2.05) is 9.80 Å². The Morgan fingerprint density at radius 3 is 2.75 bits per heavy atom. The Labute approximate surface area is 167 Å². The predicted octanol–water partition coefficient (Wildman–Crippen LogP) is 3.30. The molecule has 150 valence electrons. The topological polar surface area (TPSA) is 74.3 Å². The molecule has 2 aromatic rings. The van der Waals surface area contributed by atoms with E-state index >= 15 is 0 Å². The molecule has 0 spiro atoms. The maximum absolute atomic E-state index is 13.1. The average Bonchev–Trinajstić information content (AvgIpc) is 3.39. The van der Waals surface area contributed by atoms with E-state index in [9.17, 15) is 9.18 Å². The minimum atomic E-state index is -0.378. The quantitative estimate of drug-likeness (QED) is 0.843. The molecule has 4 rings (SSSR count). The van der Waals surface area contributed by atoms with E-state index < -0.39 is 0 Å². The number of carbonyl (C=O) groups is 1. The summed E-state index contributed by atoms with van der Waals surface area (Å²) in [4.78, 5) is 16.6. The Bertz CT molecular complexity index is 811. The molecule has 2 aliphatic heterocycles. The first-order valence-corrected chi connectivity index (χ1v) is 9.95. The van der Waals surface area contributed by atoms with Crippen molar-refractivity contribution in [1.82, 2.24) is 25.2 Å². The second-order valence-electron chi connectivity index (χ2n) is 7.44. The SMILES string of the molecule is O=C(N1CCC(COc2ccc(F)cc2Cl)CC1)N1CC[C@@H](c2cnn[nH]2)C1. The van der Waals surface area contributed by atoms with Gasteiger partial charge in [0.05, 0.1) is 23.5 Å². The van der Waals surface area contributed by atoms with Gasteiger partial charge >= 0.3 is 6.03 Å². The van der Waals surface area contributed by atoms with Crippen molar-refractivity contribution < 1.29 is 13.9 Å². The molecule has 0 unspecified atom stereocenters. The number of carbonyl (C=O) groups excluding carboxylic acids is 1. The van der Waals surface area contributed by atoms with Crippen molar-refractivity contribution in [3.8, 4) is 5.75 Å². The summed E-state index contributed by atoms with van der Waals surface area (Å²) in [6.45, 7) is 3.42. The molecule has 1 aromatic heterocycles. The van der Waals surface area contributed by atoms with Gasteiger partial charge in [-0.05, 0) is 43.4 Å². The minimum Gasteiger partial charge on any atom is -0.492 e. The molecular formula is C19H23ClFN5O2. The lowest BCUT2D eigenvalue weighted by molar-refractivity contribution is 0.124. The molecule has 28 heavy (non-hydrogen) atoms. The number of nitrogens with one attached hydrogen (secondary N) is 1. The molecule has 0 radical (unpaired) electrons. The molecule has 0 aliphatic carbocycles. The number of halogens is 2. The fourth-order valence-corrected chi connectivity index (χ4v) is 4.10. The van der Waals surface area contributed by atoms with Gasteiger partial charge in [-0.1, -0.05) is 16.8 Å². The van der Waals surface area contributed by atoms with Crippen LogP contribution in [-0.4, -0.2) is 64.0 Å². The lowest BCUT2D eigenvalue weighted by Gasteiger charge is -2.34. The number of amides is 2. The molecule has 7 nitrogen and oxygen atoms in total. The standard InChI is InChI=1S/C19H23ClFN5O2/c20-16-9-15(21)1-2-18(16)28-12-13-3-6-25(7-4-13)19(27)26-8-5-14(11-26)17-10-22-24-23-17/h1-2,9-10,13-14H,3-8,11-12H2,(H,22,23,24)/t14-/m1/s1. The summed E-state index contributed by atoms with van der Waals surface area (Å²) in [6, 6.07) is 4.25. The van der Waals surface area contributed by atoms with Gasteiger partial charge in [0, 0.05) is 32.1 Å². The summed E-state index contributed by atoms with van der Waals surface area (Å²) < 4.78 is 18.9. The van der Waals surface area contributed by atoms with E-state index in [1.54, 1.807) is 12.3 Å². The second kappa shape index (κ2) is 8.34. The summed E-state index contributed by atoms with van der Waals surface area (Å²) in [5.74, 6) is 0.757. The van der Waals surface area contributed by atoms with Crippen molar-refractivity contribution in [1.29, 1.82) is 0 Å². The number of piperidine rings is 1. The van der Waals surface area contributed by atoms with Crippen LogP contribution in [0.4, 0.5) is 9.18 Å². The third kappa shape index (κ3) is 4.22. The van der Waals surface area contributed by atoms with Gasteiger partial charge in [0.1, 0.15) is 11.6 Å². The van der Waals surface area contributed by atoms with Crippen LogP contribution in [0.1, 0.15) is 30.9 Å². The fourth-order valence-electron chi connectivity index (χ4n) is 3.88. The summed E-state index contributed by atoms with van der Waals surface area (Å²) in [6.07, 6.45) is 4.43. The van der Waals surface area contributed by atoms with Gasteiger partial charge in [-0.3, -0.25) is 5.10 Å². The van der Waals surface area contributed by atoms with Gasteiger partial charge in [0.2, 0.25) is 0 Å². The maximum atomic E-state index is 13.1. The van der Waals surface area contributed by atoms with Crippen LogP contribution in [0.2, 0.25) is 5.02 Å². The molecule has 2 aliphatic rings. The first kappa shape index (κ1) is 19.0. The molecule has 9 heteroatoms. The number of hydrogen-bond donors (Lipinski definition) is 1. The Morgan fingerprint density at radius 2 is 2.04 bits per heavy atom. The van der Waals surface area contributed by atoms with Crippen LogP contribution in [0.15, 0.2) is 24.4 Å². The van der Waals surface area contributed by atoms with Crippen LogP contribution >= 0.6 is 11.6 Å². The number of aromatic nitrogens is 3. The molecule has 2 fully saturated rings. The number of likely N-dealkylation sites (tertiary alicyclic amines) is 2. The molecule has 1 atom stereocenters. The Kier molecular flexibility index (Phi) is 5.66. The van der Waals surface area contributed by atoms with Crippen molar-refractivity contribution in [2.24, 2.45) is 5.92 Å². The third-order valence-corrected chi connectivity index (χ3v) is 5.88. The number of aromatic amines is 1. The van der Waals surface area contributed by atoms with Crippen LogP contribution in [0.25, 0.3) is 0 Å². The van der Waals surface area contributed by atoms with Gasteiger partial charge < -0.3 is 14.5 Å². The highest BCUT2D eigenvalue weighted by Gasteiger charge is 2.32. The Balaban J connectivity index is 1.23. The molecule has 0 bridgehead atoms. The zero-order valence-electron chi connectivity index (χ0n) is 15.5. The zero-order chi connectivity index (χ0) is 19.5. The van der Waals surface area contributed by atoms with Crippen molar-refractivity contribution in [2.75, 3.05) is 32.8 Å². The smallest absolute Gasteiger partial charge is 0.320 e. The highest BCUT2D eigenvalue weighted by atomic mass is 35.5. The monoisotopic (exact) mass is 407 g/mol. The molecule has 0 saturated carbocycles. The number of H-pyrrole nitrogens is 1. The second-order valence-corrected chi connectivity index (χ2v) is 7.85. The number of urea groups is 1. The molecule has 1 N–H and O–H groups in total. The van der Waals surface area contributed by atoms with E-state index in [1.165, 1.54) is 12.1 Å². The van der Waals surface area contributed by atoms with Gasteiger partial charge in [0.25, 0.3) is 0 Å². The number of benzene rings is 1. The maximum Gasteiger partial charge on any atom is 0.320 e. The number of hydrogen-bond acceptors (Lipinski definition) is 4. The summed E-state index contributed by atoms with van der Waals surface area (Å²) in [7, 11) is 0. The van der Waals surface area contributed by atoms with E-state index in [4.69, 9.17) is 16.3 Å². The predicted molar refractivity (Wildman–Crippen MR) is 102 cm³/mol. The van der Waals surface area contributed by atoms with Crippen LogP contribution in [0.5, 0.6) is 5.75 Å². The van der Waals surface area contributed by atoms with Gasteiger partial charge in [-0.2, -0.15) is 0 Å². The first-order chi connectivity index (χ1) is 13.6. The highest BCUT2D eigenvalue weighted by Crippen LogP contribution is 2.29. The van der Waals surface area contributed by atoms with Crippen LogP contribution in [-0.2, 0) is 0 Å². The molecule has 1 aromatic carbocycles. The minimum absolute atomic E-state index is 0.107. The summed E-state index contributed by atoms with van der Waals surface area (Å²) >= 11 is 6.00. The van der Waals surface area contributed by atoms with Crippen LogP contribution < -0.4 is 4.74 Å².